The molecule has 0 aliphatic carbocycles. The molecule has 128 valence electrons. The van der Waals surface area contributed by atoms with Crippen LogP contribution in [-0.4, -0.2) is 37.2 Å². The molecule has 0 radical (unpaired) electrons. The summed E-state index contributed by atoms with van der Waals surface area (Å²) in [5, 5.41) is 0. The minimum absolute atomic E-state index is 0.198. The van der Waals surface area contributed by atoms with E-state index in [-0.39, 0.29) is 13.2 Å². The molecule has 25 heavy (non-hydrogen) atoms. The van der Waals surface area contributed by atoms with E-state index in [9.17, 15) is 14.4 Å². The first-order chi connectivity index (χ1) is 12.1. The molecule has 0 aromatic heterocycles. The number of rotatable bonds is 1. The topological polar surface area (TPSA) is 78.9 Å². The third-order valence-electron chi connectivity index (χ3n) is 3.72. The molecule has 0 spiro atoms. The maximum absolute atomic E-state index is 12.5. The first-order valence-corrected chi connectivity index (χ1v) is 7.76. The van der Waals surface area contributed by atoms with E-state index in [0.717, 1.165) is 0 Å². The summed E-state index contributed by atoms with van der Waals surface area (Å²) in [5.41, 5.74) is 1.80. The van der Waals surface area contributed by atoms with Crippen LogP contribution in [0.15, 0.2) is 48.5 Å². The molecule has 2 aromatic rings. The van der Waals surface area contributed by atoms with Crippen LogP contribution < -0.4 is 0 Å². The first-order valence-electron chi connectivity index (χ1n) is 7.76. The Morgan fingerprint density at radius 2 is 1.24 bits per heavy atom. The summed E-state index contributed by atoms with van der Waals surface area (Å²) in [5.74, 6) is -1.67. The number of carbonyl (C=O) groups excluding carboxylic acids is 3. The van der Waals surface area contributed by atoms with Gasteiger partial charge in [-0.3, -0.25) is 4.79 Å². The maximum atomic E-state index is 12.5. The van der Waals surface area contributed by atoms with Gasteiger partial charge in [0.05, 0.1) is 11.1 Å². The van der Waals surface area contributed by atoms with Crippen molar-refractivity contribution in [3.63, 3.8) is 0 Å². The van der Waals surface area contributed by atoms with Gasteiger partial charge in [0.1, 0.15) is 13.2 Å². The molecule has 2 aromatic carbocycles. The van der Waals surface area contributed by atoms with E-state index in [1.807, 2.05) is 0 Å². The van der Waals surface area contributed by atoms with Crippen molar-refractivity contribution in [2.45, 2.75) is 13.0 Å². The van der Waals surface area contributed by atoms with Gasteiger partial charge < -0.3 is 14.2 Å². The lowest BCUT2D eigenvalue weighted by Gasteiger charge is -2.16. The molecular formula is C19H16O6. The highest BCUT2D eigenvalue weighted by Crippen LogP contribution is 2.29. The minimum Gasteiger partial charge on any atom is -0.458 e. The number of benzene rings is 2. The Bertz CT molecular complexity index is 765. The lowest BCUT2D eigenvalue weighted by atomic mass is 9.95. The van der Waals surface area contributed by atoms with Gasteiger partial charge in [-0.25, -0.2) is 9.59 Å². The highest BCUT2D eigenvalue weighted by molar-refractivity contribution is 6.03. The number of carbonyl (C=O) groups is 3. The summed E-state index contributed by atoms with van der Waals surface area (Å²) in [6, 6.07) is 13.7. The zero-order valence-corrected chi connectivity index (χ0v) is 13.6. The zero-order valence-electron chi connectivity index (χ0n) is 13.6. The molecule has 0 saturated carbocycles. The predicted octanol–water partition coefficient (Wildman–Crippen LogP) is 2.61. The fourth-order valence-corrected chi connectivity index (χ4v) is 2.64. The predicted molar refractivity (Wildman–Crippen MR) is 88.0 cm³/mol. The molecule has 0 N–H and O–H groups in total. The van der Waals surface area contributed by atoms with Crippen LogP contribution in [-0.2, 0) is 19.0 Å². The second-order valence-corrected chi connectivity index (χ2v) is 5.52. The first kappa shape index (κ1) is 16.7. The smallest absolute Gasteiger partial charge is 0.338 e. The number of hydrogen-bond acceptors (Lipinski definition) is 6. The van der Waals surface area contributed by atoms with E-state index >= 15 is 0 Å². The molecule has 0 bridgehead atoms. The van der Waals surface area contributed by atoms with Gasteiger partial charge in [-0.15, -0.1) is 0 Å². The highest BCUT2D eigenvalue weighted by Gasteiger charge is 2.24. The van der Waals surface area contributed by atoms with E-state index in [1.54, 1.807) is 48.5 Å². The summed E-state index contributed by atoms with van der Waals surface area (Å²) < 4.78 is 15.6. The third-order valence-corrected chi connectivity index (χ3v) is 3.72. The second kappa shape index (κ2) is 7.17. The van der Waals surface area contributed by atoms with Crippen molar-refractivity contribution in [3.8, 4) is 11.1 Å². The van der Waals surface area contributed by atoms with Gasteiger partial charge in [-0.05, 0) is 23.3 Å². The molecule has 0 saturated heterocycles. The van der Waals surface area contributed by atoms with Crippen molar-refractivity contribution in [1.29, 1.82) is 0 Å². The highest BCUT2D eigenvalue weighted by atomic mass is 16.6. The Labute approximate surface area is 144 Å². The Kier molecular flexibility index (Phi) is 4.79. The average molecular weight is 340 g/mol. The van der Waals surface area contributed by atoms with Gasteiger partial charge in [-0.1, -0.05) is 36.4 Å². The number of cyclic esters (lactones) is 2. The summed E-state index contributed by atoms with van der Waals surface area (Å²) in [4.78, 5) is 36.1. The van der Waals surface area contributed by atoms with Crippen molar-refractivity contribution < 1.29 is 28.6 Å². The summed E-state index contributed by atoms with van der Waals surface area (Å²) in [6.07, 6.45) is -0.858. The molecule has 6 nitrogen and oxygen atoms in total. The van der Waals surface area contributed by atoms with Gasteiger partial charge in [0.25, 0.3) is 0 Å². The van der Waals surface area contributed by atoms with Crippen LogP contribution in [0, 0.1) is 0 Å². The fraction of sp³-hybridized carbons (Fsp3) is 0.211. The SMILES string of the molecule is CC(=O)OC1COC(=O)c2ccccc2-c2ccccc2C(=O)OC1. The summed E-state index contributed by atoms with van der Waals surface area (Å²) >= 11 is 0. The van der Waals surface area contributed by atoms with Crippen LogP contribution in [0.3, 0.4) is 0 Å². The summed E-state index contributed by atoms with van der Waals surface area (Å²) in [6.45, 7) is 0.839. The number of esters is 3. The molecule has 3 rings (SSSR count). The quantitative estimate of drug-likeness (QED) is 0.586. The van der Waals surface area contributed by atoms with E-state index < -0.39 is 24.0 Å². The van der Waals surface area contributed by atoms with Crippen molar-refractivity contribution in [2.75, 3.05) is 13.2 Å². The molecule has 0 unspecified atom stereocenters. The standard InChI is InChI=1S/C19H16O6/c1-12(20)25-13-10-23-18(21)16-8-4-2-6-14(16)15-7-3-5-9-17(15)19(22)24-11-13/h2-9,13H,10-11H2,1H3. The Balaban J connectivity index is 2.07. The van der Waals surface area contributed by atoms with Crippen LogP contribution in [0.1, 0.15) is 27.6 Å². The molecule has 1 heterocycles. The molecule has 0 atom stereocenters. The van der Waals surface area contributed by atoms with Crippen molar-refractivity contribution in [1.82, 2.24) is 0 Å². The molecule has 0 amide bonds. The van der Waals surface area contributed by atoms with Crippen LogP contribution in [0.25, 0.3) is 11.1 Å². The molecular weight excluding hydrogens is 324 g/mol. The van der Waals surface area contributed by atoms with Gasteiger partial charge in [-0.2, -0.15) is 0 Å². The third kappa shape index (κ3) is 3.68. The van der Waals surface area contributed by atoms with Crippen molar-refractivity contribution in [3.05, 3.63) is 59.7 Å². The largest absolute Gasteiger partial charge is 0.458 e. The van der Waals surface area contributed by atoms with E-state index in [1.165, 1.54) is 6.92 Å². The lowest BCUT2D eigenvalue weighted by Crippen LogP contribution is -2.30. The van der Waals surface area contributed by atoms with Gasteiger partial charge >= 0.3 is 17.9 Å². The lowest BCUT2D eigenvalue weighted by molar-refractivity contribution is -0.151. The molecule has 0 fully saturated rings. The number of hydrogen-bond donors (Lipinski definition) is 0. The van der Waals surface area contributed by atoms with E-state index in [0.29, 0.717) is 22.3 Å². The minimum atomic E-state index is -0.858. The monoisotopic (exact) mass is 340 g/mol. The second-order valence-electron chi connectivity index (χ2n) is 5.52. The van der Waals surface area contributed by atoms with Gasteiger partial charge in [0.2, 0.25) is 0 Å². The van der Waals surface area contributed by atoms with Crippen molar-refractivity contribution >= 4 is 17.9 Å². The Morgan fingerprint density at radius 1 is 0.840 bits per heavy atom. The van der Waals surface area contributed by atoms with E-state index in [4.69, 9.17) is 14.2 Å². The van der Waals surface area contributed by atoms with Crippen LogP contribution in [0.5, 0.6) is 0 Å². The zero-order chi connectivity index (χ0) is 17.8. The number of fused-ring (bicyclic) bond motifs is 3. The van der Waals surface area contributed by atoms with Crippen LogP contribution in [0.2, 0.25) is 0 Å². The normalized spacial score (nSPS) is 15.1. The van der Waals surface area contributed by atoms with Gasteiger partial charge in [0, 0.05) is 6.92 Å². The molecule has 1 aliphatic rings. The average Bonchev–Trinajstić information content (AvgIpc) is 2.64. The molecule has 6 heteroatoms. The Hall–Kier alpha value is -3.15. The molecule has 1 aliphatic heterocycles. The fourth-order valence-electron chi connectivity index (χ4n) is 2.64. The Morgan fingerprint density at radius 3 is 1.64 bits per heavy atom. The van der Waals surface area contributed by atoms with Crippen LogP contribution >= 0.6 is 0 Å². The summed E-state index contributed by atoms with van der Waals surface area (Å²) in [7, 11) is 0. The van der Waals surface area contributed by atoms with E-state index in [2.05, 4.69) is 0 Å². The maximum Gasteiger partial charge on any atom is 0.338 e. The van der Waals surface area contributed by atoms with Crippen molar-refractivity contribution in [2.24, 2.45) is 0 Å². The van der Waals surface area contributed by atoms with Gasteiger partial charge in [0.15, 0.2) is 6.10 Å². The van der Waals surface area contributed by atoms with Crippen LogP contribution in [0.4, 0.5) is 0 Å². The number of ether oxygens (including phenoxy) is 3.